The molecule has 0 fully saturated rings. The molecule has 0 aliphatic rings. The van der Waals surface area contributed by atoms with Crippen molar-refractivity contribution in [2.24, 2.45) is 0 Å². The van der Waals surface area contributed by atoms with Gasteiger partial charge >= 0.3 is 0 Å². The van der Waals surface area contributed by atoms with E-state index in [0.29, 0.717) is 6.42 Å². The summed E-state index contributed by atoms with van der Waals surface area (Å²) in [6.07, 6.45) is 2.08. The van der Waals surface area contributed by atoms with Crippen LogP contribution in [-0.2, 0) is 0 Å². The molecule has 0 aliphatic heterocycles. The van der Waals surface area contributed by atoms with Crippen LogP contribution in [0.15, 0.2) is 11.5 Å². The van der Waals surface area contributed by atoms with Gasteiger partial charge in [-0.3, -0.25) is 4.39 Å². The summed E-state index contributed by atoms with van der Waals surface area (Å²) in [7, 11) is 0. The van der Waals surface area contributed by atoms with Gasteiger partial charge in [-0.05, 0) is 11.8 Å². The molecule has 0 saturated heterocycles. The average molecular weight is 105 g/mol. The van der Waals surface area contributed by atoms with Crippen molar-refractivity contribution in [1.82, 2.24) is 0 Å². The highest BCUT2D eigenvalue weighted by atomic mass is 32.1. The van der Waals surface area contributed by atoms with Gasteiger partial charge in [0.15, 0.2) is 0 Å². The van der Waals surface area contributed by atoms with Gasteiger partial charge in [-0.1, -0.05) is 18.7 Å². The van der Waals surface area contributed by atoms with E-state index in [0.717, 1.165) is 0 Å². The van der Waals surface area contributed by atoms with E-state index in [9.17, 15) is 4.39 Å². The van der Waals surface area contributed by atoms with Crippen LogP contribution in [0, 0.1) is 0 Å². The number of halogens is 1. The zero-order valence-corrected chi connectivity index (χ0v) is 4.17. The summed E-state index contributed by atoms with van der Waals surface area (Å²) < 4.78 is 11.1. The van der Waals surface area contributed by atoms with Gasteiger partial charge in [-0.2, -0.15) is 0 Å². The van der Waals surface area contributed by atoms with Crippen molar-refractivity contribution < 1.29 is 4.39 Å². The molecule has 2 heteroatoms. The summed E-state index contributed by atoms with van der Waals surface area (Å²) in [4.78, 5) is 0. The van der Waals surface area contributed by atoms with Crippen molar-refractivity contribution in [1.29, 1.82) is 0 Å². The lowest BCUT2D eigenvalue weighted by atomic mass is 10.5. The quantitative estimate of drug-likeness (QED) is 0.504. The molecule has 0 saturated carbocycles. The second-order valence-electron chi connectivity index (χ2n) is 0.849. The Bertz CT molecular complexity index is 42.8. The summed E-state index contributed by atoms with van der Waals surface area (Å²) in [5.41, 5.74) is 0. The number of alkyl halides is 1. The molecule has 0 aromatic rings. The highest BCUT2D eigenvalue weighted by Crippen LogP contribution is 1.83. The Labute approximate surface area is 42.5 Å². The third kappa shape index (κ3) is 3.89. The molecule has 0 aromatic carbocycles. The first-order valence-corrected chi connectivity index (χ1v) is 2.22. The lowest BCUT2D eigenvalue weighted by Crippen LogP contribution is -1.63. The molecular weight excluding hydrogens is 99.1 g/mol. The van der Waals surface area contributed by atoms with Crippen LogP contribution in [-0.4, -0.2) is 6.67 Å². The van der Waals surface area contributed by atoms with Crippen LogP contribution in [0.25, 0.3) is 0 Å². The molecule has 0 bridgehead atoms. The minimum absolute atomic E-state index is 0.298. The monoisotopic (exact) mass is 105 g/mol. The molecule has 35 valence electrons. The van der Waals surface area contributed by atoms with Gasteiger partial charge in [0.05, 0.1) is 6.67 Å². The van der Waals surface area contributed by atoms with Crippen molar-refractivity contribution in [2.45, 2.75) is 6.42 Å². The maximum atomic E-state index is 11.1. The van der Waals surface area contributed by atoms with E-state index in [4.69, 9.17) is 0 Å². The zero-order valence-electron chi connectivity index (χ0n) is 3.36. The molecule has 0 nitrogen and oxygen atoms in total. The smallest absolute Gasteiger partial charge is 0.0929 e. The Balaban J connectivity index is 2.66. The molecule has 0 aliphatic carbocycles. The Hall–Kier alpha value is -0.110. The molecule has 0 spiro atoms. The lowest BCUT2D eigenvalue weighted by molar-refractivity contribution is 0.501. The van der Waals surface area contributed by atoms with Crippen LogP contribution in [0.1, 0.15) is 6.42 Å². The summed E-state index contributed by atoms with van der Waals surface area (Å²) in [5.74, 6) is 0. The maximum absolute atomic E-state index is 11.1. The van der Waals surface area contributed by atoms with Gasteiger partial charge in [0.2, 0.25) is 0 Å². The second-order valence-corrected chi connectivity index (χ2v) is 1.12. The number of hydrogen-bond acceptors (Lipinski definition) is 0. The summed E-state index contributed by atoms with van der Waals surface area (Å²) in [5, 5.41) is 1.43. The second kappa shape index (κ2) is 4.89. The van der Waals surface area contributed by atoms with E-state index < -0.39 is 0 Å². The molecular formula is C4H6FS. The zero-order chi connectivity index (χ0) is 4.83. The normalized spacial score (nSPS) is 10.2. The standard InChI is InChI=1S/C4H6FS/c5-3-1-2-4-6/h2,4H,1,3H2. The minimum Gasteiger partial charge on any atom is -0.251 e. The summed E-state index contributed by atoms with van der Waals surface area (Å²) >= 11 is 4.37. The fraction of sp³-hybridized carbons (Fsp3) is 0.500. The van der Waals surface area contributed by atoms with Gasteiger partial charge < -0.3 is 0 Å². The van der Waals surface area contributed by atoms with Crippen molar-refractivity contribution in [3.8, 4) is 0 Å². The highest BCUT2D eigenvalue weighted by molar-refractivity contribution is 7.83. The van der Waals surface area contributed by atoms with Gasteiger partial charge in [0, 0.05) is 0 Å². The van der Waals surface area contributed by atoms with Crippen LogP contribution < -0.4 is 0 Å². The van der Waals surface area contributed by atoms with Crippen LogP contribution in [0.4, 0.5) is 4.39 Å². The first kappa shape index (κ1) is 5.89. The number of allylic oxidation sites excluding steroid dienone is 1. The lowest BCUT2D eigenvalue weighted by Gasteiger charge is -1.72. The molecule has 0 N–H and O–H groups in total. The van der Waals surface area contributed by atoms with Gasteiger partial charge in [0.25, 0.3) is 0 Å². The van der Waals surface area contributed by atoms with Crippen LogP contribution >= 0.6 is 12.6 Å². The number of hydrogen-bond donors (Lipinski definition) is 0. The fourth-order valence-corrected chi connectivity index (χ4v) is 0.267. The van der Waals surface area contributed by atoms with E-state index in [1.807, 2.05) is 0 Å². The molecule has 0 atom stereocenters. The van der Waals surface area contributed by atoms with Gasteiger partial charge in [0.1, 0.15) is 0 Å². The van der Waals surface area contributed by atoms with Crippen LogP contribution in [0.3, 0.4) is 0 Å². The van der Waals surface area contributed by atoms with E-state index in [-0.39, 0.29) is 6.67 Å². The molecule has 1 radical (unpaired) electrons. The van der Waals surface area contributed by atoms with Crippen molar-refractivity contribution in [2.75, 3.05) is 6.67 Å². The third-order valence-corrected chi connectivity index (χ3v) is 0.564. The average Bonchev–Trinajstić information content (AvgIpc) is 1.61. The molecule has 0 aromatic heterocycles. The first-order chi connectivity index (χ1) is 2.91. The molecule has 6 heavy (non-hydrogen) atoms. The topological polar surface area (TPSA) is 0 Å². The van der Waals surface area contributed by atoms with Crippen molar-refractivity contribution in [3.63, 3.8) is 0 Å². The summed E-state index contributed by atoms with van der Waals surface area (Å²) in [6, 6.07) is 0. The summed E-state index contributed by atoms with van der Waals surface area (Å²) in [6.45, 7) is -0.298. The predicted molar refractivity (Wildman–Crippen MR) is 27.3 cm³/mol. The van der Waals surface area contributed by atoms with Gasteiger partial charge in [-0.15, -0.1) is 0 Å². The third-order valence-electron chi connectivity index (χ3n) is 0.372. The van der Waals surface area contributed by atoms with Crippen LogP contribution in [0.5, 0.6) is 0 Å². The van der Waals surface area contributed by atoms with E-state index in [2.05, 4.69) is 12.6 Å². The molecule has 0 rings (SSSR count). The van der Waals surface area contributed by atoms with Crippen LogP contribution in [0.2, 0.25) is 0 Å². The fourth-order valence-electron chi connectivity index (χ4n) is 0.131. The minimum atomic E-state index is -0.298. The Morgan fingerprint density at radius 3 is 2.50 bits per heavy atom. The molecule has 0 heterocycles. The largest absolute Gasteiger partial charge is 0.251 e. The molecule has 0 amide bonds. The first-order valence-electron chi connectivity index (χ1n) is 1.74. The van der Waals surface area contributed by atoms with E-state index in [1.54, 1.807) is 6.08 Å². The maximum Gasteiger partial charge on any atom is 0.0929 e. The Morgan fingerprint density at radius 1 is 1.67 bits per heavy atom. The predicted octanol–water partition coefficient (Wildman–Crippen LogP) is 2.06. The SMILES string of the molecule is FCCC=C[S]. The van der Waals surface area contributed by atoms with E-state index >= 15 is 0 Å². The van der Waals surface area contributed by atoms with Crippen molar-refractivity contribution in [3.05, 3.63) is 11.5 Å². The van der Waals surface area contributed by atoms with Crippen molar-refractivity contribution >= 4 is 12.6 Å². The molecule has 0 unspecified atom stereocenters. The Morgan fingerprint density at radius 2 is 2.33 bits per heavy atom. The number of rotatable bonds is 2. The Kier molecular flexibility index (Phi) is 4.80. The highest BCUT2D eigenvalue weighted by Gasteiger charge is 1.69. The van der Waals surface area contributed by atoms with E-state index in [1.165, 1.54) is 5.41 Å². The van der Waals surface area contributed by atoms with Gasteiger partial charge in [-0.25, -0.2) is 0 Å².